The van der Waals surface area contributed by atoms with Gasteiger partial charge in [0.25, 0.3) is 0 Å². The van der Waals surface area contributed by atoms with Crippen LogP contribution in [-0.4, -0.2) is 42.0 Å². The van der Waals surface area contributed by atoms with Crippen molar-refractivity contribution in [1.29, 1.82) is 0 Å². The second kappa shape index (κ2) is 13.1. The molecule has 0 spiro atoms. The fraction of sp³-hybridized carbons (Fsp3) is 0.355. The predicted molar refractivity (Wildman–Crippen MR) is 145 cm³/mol. The Balaban J connectivity index is 1.59. The maximum atomic E-state index is 13.8. The van der Waals surface area contributed by atoms with Crippen LogP contribution in [0.5, 0.6) is 11.5 Å². The van der Waals surface area contributed by atoms with E-state index in [1.54, 1.807) is 17.0 Å². The first-order chi connectivity index (χ1) is 18.4. The summed E-state index contributed by atoms with van der Waals surface area (Å²) in [5.74, 6) is 0.691. The molecule has 3 aromatic rings. The van der Waals surface area contributed by atoms with E-state index in [4.69, 9.17) is 9.47 Å². The molecule has 0 saturated heterocycles. The van der Waals surface area contributed by atoms with Crippen molar-refractivity contribution in [1.82, 2.24) is 10.2 Å². The van der Waals surface area contributed by atoms with Crippen molar-refractivity contribution < 1.29 is 23.5 Å². The van der Waals surface area contributed by atoms with Crippen LogP contribution in [0.1, 0.15) is 43.4 Å². The minimum atomic E-state index is -0.718. The topological polar surface area (TPSA) is 67.9 Å². The first kappa shape index (κ1) is 27.2. The first-order valence-electron chi connectivity index (χ1n) is 13.2. The largest absolute Gasteiger partial charge is 0.486 e. The molecule has 0 unspecified atom stereocenters. The Bertz CT molecular complexity index is 1220. The number of ether oxygens (including phenoxy) is 2. The van der Waals surface area contributed by atoms with Gasteiger partial charge in [0, 0.05) is 25.4 Å². The lowest BCUT2D eigenvalue weighted by atomic mass is 10.0. The molecule has 3 aromatic carbocycles. The van der Waals surface area contributed by atoms with Gasteiger partial charge in [-0.1, -0.05) is 55.5 Å². The zero-order chi connectivity index (χ0) is 26.9. The second-order valence-corrected chi connectivity index (χ2v) is 9.65. The summed E-state index contributed by atoms with van der Waals surface area (Å²) in [4.78, 5) is 29.0. The molecule has 0 fully saturated rings. The third kappa shape index (κ3) is 7.34. The van der Waals surface area contributed by atoms with Crippen molar-refractivity contribution >= 4 is 11.8 Å². The van der Waals surface area contributed by atoms with Crippen LogP contribution in [0.15, 0.2) is 72.8 Å². The van der Waals surface area contributed by atoms with Crippen LogP contribution in [0.2, 0.25) is 0 Å². The Kier molecular flexibility index (Phi) is 9.35. The molecule has 0 saturated carbocycles. The van der Waals surface area contributed by atoms with Gasteiger partial charge >= 0.3 is 0 Å². The summed E-state index contributed by atoms with van der Waals surface area (Å²) in [6, 6.07) is 20.7. The summed E-state index contributed by atoms with van der Waals surface area (Å²) in [5, 5.41) is 3.06. The van der Waals surface area contributed by atoms with Gasteiger partial charge in [-0.15, -0.1) is 0 Å². The molecule has 0 radical (unpaired) electrons. The van der Waals surface area contributed by atoms with E-state index in [1.165, 1.54) is 12.1 Å². The Morgan fingerprint density at radius 3 is 2.32 bits per heavy atom. The maximum absolute atomic E-state index is 13.8. The molecule has 4 rings (SSSR count). The van der Waals surface area contributed by atoms with Crippen LogP contribution >= 0.6 is 0 Å². The summed E-state index contributed by atoms with van der Waals surface area (Å²) in [6.07, 6.45) is 1.85. The van der Waals surface area contributed by atoms with E-state index in [0.717, 1.165) is 23.1 Å². The predicted octanol–water partition coefficient (Wildman–Crippen LogP) is 5.08. The van der Waals surface area contributed by atoms with Crippen molar-refractivity contribution in [2.45, 2.75) is 58.2 Å². The van der Waals surface area contributed by atoms with Crippen LogP contribution < -0.4 is 14.8 Å². The van der Waals surface area contributed by atoms with Crippen LogP contribution in [-0.2, 0) is 29.0 Å². The van der Waals surface area contributed by atoms with E-state index in [1.807, 2.05) is 62.4 Å². The molecule has 6 nitrogen and oxygen atoms in total. The van der Waals surface area contributed by atoms with E-state index in [-0.39, 0.29) is 36.6 Å². The highest BCUT2D eigenvalue weighted by Crippen LogP contribution is 2.31. The SMILES string of the molecule is CC[C@@H](C)NC(=O)[C@H](Cc1ccccc1)N(Cc1ccc(F)cc1)C(=O)CCc1ccc2c(c1)OCCO2. The third-order valence-corrected chi connectivity index (χ3v) is 6.77. The van der Waals surface area contributed by atoms with Crippen molar-refractivity contribution in [2.24, 2.45) is 0 Å². The number of rotatable bonds is 11. The molecular weight excluding hydrogens is 483 g/mol. The van der Waals surface area contributed by atoms with Gasteiger partial charge in [0.2, 0.25) is 11.8 Å². The monoisotopic (exact) mass is 518 g/mol. The first-order valence-corrected chi connectivity index (χ1v) is 13.2. The third-order valence-electron chi connectivity index (χ3n) is 6.77. The van der Waals surface area contributed by atoms with E-state index in [2.05, 4.69) is 5.32 Å². The fourth-order valence-corrected chi connectivity index (χ4v) is 4.42. The number of hydrogen-bond acceptors (Lipinski definition) is 4. The highest BCUT2D eigenvalue weighted by atomic mass is 19.1. The standard InChI is InChI=1S/C31H35FN2O4/c1-3-22(2)33-31(36)27(19-23-7-5-4-6-8-23)34(21-25-9-13-26(32)14-10-25)30(35)16-12-24-11-15-28-29(20-24)38-18-17-37-28/h4-11,13-15,20,22,27H,3,12,16-19,21H2,1-2H3,(H,33,36)/t22-,27+/m1/s1. The van der Waals surface area contributed by atoms with E-state index in [0.29, 0.717) is 37.6 Å². The number of nitrogens with one attached hydrogen (secondary N) is 1. The van der Waals surface area contributed by atoms with Crippen molar-refractivity contribution in [3.05, 3.63) is 95.3 Å². The number of benzene rings is 3. The van der Waals surface area contributed by atoms with Gasteiger partial charge in [-0.25, -0.2) is 4.39 Å². The number of carbonyl (C=O) groups is 2. The highest BCUT2D eigenvalue weighted by Gasteiger charge is 2.31. The molecule has 1 aliphatic rings. The molecule has 1 heterocycles. The van der Waals surface area contributed by atoms with E-state index in [9.17, 15) is 14.0 Å². The molecule has 38 heavy (non-hydrogen) atoms. The van der Waals surface area contributed by atoms with Crippen LogP contribution in [0.3, 0.4) is 0 Å². The number of amides is 2. The van der Waals surface area contributed by atoms with E-state index >= 15 is 0 Å². The number of fused-ring (bicyclic) bond motifs is 1. The summed E-state index contributed by atoms with van der Waals surface area (Å²) in [6.45, 7) is 5.17. The Hall–Kier alpha value is -3.87. The average molecular weight is 519 g/mol. The number of halogens is 1. The lowest BCUT2D eigenvalue weighted by Gasteiger charge is -2.32. The quantitative estimate of drug-likeness (QED) is 0.384. The van der Waals surface area contributed by atoms with Gasteiger partial charge in [0.05, 0.1) is 0 Å². The zero-order valence-corrected chi connectivity index (χ0v) is 22.0. The number of aryl methyl sites for hydroxylation is 1. The number of carbonyl (C=O) groups excluding carboxylic acids is 2. The maximum Gasteiger partial charge on any atom is 0.243 e. The summed E-state index contributed by atoms with van der Waals surface area (Å²) >= 11 is 0. The Labute approximate surface area is 223 Å². The summed E-state index contributed by atoms with van der Waals surface area (Å²) in [5.41, 5.74) is 2.67. The minimum absolute atomic E-state index is 0.0266. The number of hydrogen-bond donors (Lipinski definition) is 1. The normalized spacial score (nSPS) is 13.9. The minimum Gasteiger partial charge on any atom is -0.486 e. The van der Waals surface area contributed by atoms with Gasteiger partial charge in [-0.3, -0.25) is 9.59 Å². The van der Waals surface area contributed by atoms with Gasteiger partial charge in [-0.05, 0) is 60.7 Å². The summed E-state index contributed by atoms with van der Waals surface area (Å²) in [7, 11) is 0. The summed E-state index contributed by atoms with van der Waals surface area (Å²) < 4.78 is 24.9. The van der Waals surface area contributed by atoms with Crippen molar-refractivity contribution in [3.8, 4) is 11.5 Å². The molecule has 0 aromatic heterocycles. The molecule has 1 N–H and O–H groups in total. The van der Waals surface area contributed by atoms with Crippen LogP contribution in [0, 0.1) is 5.82 Å². The van der Waals surface area contributed by atoms with Crippen LogP contribution in [0.25, 0.3) is 0 Å². The molecule has 2 amide bonds. The van der Waals surface area contributed by atoms with Crippen LogP contribution in [0.4, 0.5) is 4.39 Å². The number of nitrogens with zero attached hydrogens (tertiary/aromatic N) is 1. The fourth-order valence-electron chi connectivity index (χ4n) is 4.42. The molecule has 0 aliphatic carbocycles. The molecule has 2 atom stereocenters. The Morgan fingerprint density at radius 2 is 1.61 bits per heavy atom. The molecule has 200 valence electrons. The average Bonchev–Trinajstić information content (AvgIpc) is 2.94. The molecule has 1 aliphatic heterocycles. The van der Waals surface area contributed by atoms with Gasteiger partial charge in [0.1, 0.15) is 25.1 Å². The van der Waals surface area contributed by atoms with Crippen molar-refractivity contribution in [3.63, 3.8) is 0 Å². The highest BCUT2D eigenvalue weighted by molar-refractivity contribution is 5.88. The molecule has 0 bridgehead atoms. The van der Waals surface area contributed by atoms with Gasteiger partial charge < -0.3 is 19.7 Å². The zero-order valence-electron chi connectivity index (χ0n) is 22.0. The Morgan fingerprint density at radius 1 is 0.921 bits per heavy atom. The van der Waals surface area contributed by atoms with E-state index < -0.39 is 6.04 Å². The lowest BCUT2D eigenvalue weighted by molar-refractivity contribution is -0.141. The lowest BCUT2D eigenvalue weighted by Crippen LogP contribution is -2.52. The molecule has 7 heteroatoms. The second-order valence-electron chi connectivity index (χ2n) is 9.65. The van der Waals surface area contributed by atoms with Gasteiger partial charge in [0.15, 0.2) is 11.5 Å². The molecular formula is C31H35FN2O4. The smallest absolute Gasteiger partial charge is 0.243 e. The van der Waals surface area contributed by atoms with Gasteiger partial charge in [-0.2, -0.15) is 0 Å². The van der Waals surface area contributed by atoms with Crippen molar-refractivity contribution in [2.75, 3.05) is 13.2 Å².